The Morgan fingerprint density at radius 1 is 0.436 bits per heavy atom. The van der Waals surface area contributed by atoms with Gasteiger partial charge >= 0.3 is 0 Å². The molecule has 0 saturated heterocycles. The monoisotopic (exact) mass is 504 g/mol. The zero-order valence-electron chi connectivity index (χ0n) is 21.2. The van der Waals surface area contributed by atoms with Crippen LogP contribution in [0.5, 0.6) is 0 Å². The average Bonchev–Trinajstić information content (AvgIpc) is 3.33. The van der Waals surface area contributed by atoms with Crippen molar-refractivity contribution in [1.82, 2.24) is 4.57 Å². The molecule has 0 saturated carbocycles. The molecule has 6 aromatic carbocycles. The molecule has 1 aromatic heterocycles. The maximum atomic E-state index is 13.6. The minimum absolute atomic E-state index is 0.232. The maximum Gasteiger partial charge on any atom is 0.123 e. The van der Waals surface area contributed by atoms with Crippen molar-refractivity contribution in [3.05, 3.63) is 151 Å². The summed E-state index contributed by atoms with van der Waals surface area (Å²) in [4.78, 5) is 0. The minimum atomic E-state index is -0.232. The fourth-order valence-electron chi connectivity index (χ4n) is 5.31. The van der Waals surface area contributed by atoms with Gasteiger partial charge in [0.25, 0.3) is 0 Å². The van der Waals surface area contributed by atoms with Gasteiger partial charge in [0.05, 0.1) is 11.0 Å². The Balaban J connectivity index is 1.18. The standard InChI is InChI=1S/C36H25FN2/c37-29-15-21-32(22-16-29)39-35-9-5-4-8-33(35)34-24-28(14-23-36(34)39)27-12-19-31(20-13-27)38-30-17-10-26(11-18-30)25-6-2-1-3-7-25/h1-24,38H. The molecular formula is C36H25FN2. The minimum Gasteiger partial charge on any atom is -0.356 e. The van der Waals surface area contributed by atoms with Crippen molar-refractivity contribution in [1.29, 1.82) is 0 Å². The average molecular weight is 505 g/mol. The Labute approximate surface area is 226 Å². The van der Waals surface area contributed by atoms with E-state index in [0.29, 0.717) is 0 Å². The number of hydrogen-bond acceptors (Lipinski definition) is 1. The number of rotatable bonds is 5. The molecule has 39 heavy (non-hydrogen) atoms. The van der Waals surface area contributed by atoms with Crippen LogP contribution in [-0.2, 0) is 0 Å². The molecule has 1 heterocycles. The van der Waals surface area contributed by atoms with Crippen LogP contribution >= 0.6 is 0 Å². The third-order valence-electron chi connectivity index (χ3n) is 7.26. The third-order valence-corrected chi connectivity index (χ3v) is 7.26. The number of nitrogens with one attached hydrogen (secondary N) is 1. The van der Waals surface area contributed by atoms with Crippen LogP contribution in [0, 0.1) is 5.82 Å². The summed E-state index contributed by atoms with van der Waals surface area (Å²) >= 11 is 0. The lowest BCUT2D eigenvalue weighted by Crippen LogP contribution is -1.93. The van der Waals surface area contributed by atoms with Crippen molar-refractivity contribution in [3.8, 4) is 27.9 Å². The zero-order valence-corrected chi connectivity index (χ0v) is 21.2. The molecule has 186 valence electrons. The smallest absolute Gasteiger partial charge is 0.123 e. The van der Waals surface area contributed by atoms with Crippen molar-refractivity contribution in [2.75, 3.05) is 5.32 Å². The molecular weight excluding hydrogens is 479 g/mol. The Bertz CT molecular complexity index is 1900. The predicted molar refractivity (Wildman–Crippen MR) is 161 cm³/mol. The molecule has 0 radical (unpaired) electrons. The van der Waals surface area contributed by atoms with Gasteiger partial charge in [0.1, 0.15) is 5.82 Å². The molecule has 0 unspecified atom stereocenters. The molecule has 7 aromatic rings. The lowest BCUT2D eigenvalue weighted by molar-refractivity contribution is 0.627. The van der Waals surface area contributed by atoms with E-state index in [9.17, 15) is 4.39 Å². The van der Waals surface area contributed by atoms with Crippen LogP contribution in [-0.4, -0.2) is 4.57 Å². The molecule has 0 aliphatic rings. The second-order valence-corrected chi connectivity index (χ2v) is 9.71. The number of benzene rings is 6. The lowest BCUT2D eigenvalue weighted by Gasteiger charge is -2.10. The van der Waals surface area contributed by atoms with Gasteiger partial charge in [-0.3, -0.25) is 0 Å². The van der Waals surface area contributed by atoms with E-state index in [-0.39, 0.29) is 5.82 Å². The van der Waals surface area contributed by atoms with Gasteiger partial charge in [0.15, 0.2) is 0 Å². The summed E-state index contributed by atoms with van der Waals surface area (Å²) in [7, 11) is 0. The van der Waals surface area contributed by atoms with E-state index in [0.717, 1.165) is 39.2 Å². The number of nitrogens with zero attached hydrogens (tertiary/aromatic N) is 1. The van der Waals surface area contributed by atoms with E-state index in [1.807, 2.05) is 24.3 Å². The highest BCUT2D eigenvalue weighted by Gasteiger charge is 2.13. The molecule has 0 bridgehead atoms. The lowest BCUT2D eigenvalue weighted by atomic mass is 10.0. The molecule has 1 N–H and O–H groups in total. The molecule has 0 fully saturated rings. The van der Waals surface area contributed by atoms with Crippen molar-refractivity contribution >= 4 is 33.2 Å². The van der Waals surface area contributed by atoms with Gasteiger partial charge in [-0.15, -0.1) is 0 Å². The topological polar surface area (TPSA) is 17.0 Å². The second-order valence-electron chi connectivity index (χ2n) is 9.71. The van der Waals surface area contributed by atoms with Crippen molar-refractivity contribution in [2.24, 2.45) is 0 Å². The number of aromatic nitrogens is 1. The highest BCUT2D eigenvalue weighted by molar-refractivity contribution is 6.10. The van der Waals surface area contributed by atoms with Gasteiger partial charge < -0.3 is 9.88 Å². The Hall–Kier alpha value is -5.15. The quantitative estimate of drug-likeness (QED) is 0.247. The fraction of sp³-hybridized carbons (Fsp3) is 0. The molecule has 0 aliphatic heterocycles. The van der Waals surface area contributed by atoms with E-state index in [1.165, 1.54) is 34.0 Å². The van der Waals surface area contributed by atoms with Gasteiger partial charge in [0, 0.05) is 27.8 Å². The first-order valence-corrected chi connectivity index (χ1v) is 13.0. The number of halogens is 1. The SMILES string of the molecule is Fc1ccc(-n2c3ccccc3c3cc(-c4ccc(Nc5ccc(-c6ccccc6)cc5)cc4)ccc32)cc1. The van der Waals surface area contributed by atoms with E-state index in [2.05, 4.69) is 119 Å². The summed E-state index contributed by atoms with van der Waals surface area (Å²) in [6.07, 6.45) is 0. The number of hydrogen-bond donors (Lipinski definition) is 1. The van der Waals surface area contributed by atoms with Crippen LogP contribution in [0.4, 0.5) is 15.8 Å². The first-order valence-electron chi connectivity index (χ1n) is 13.0. The van der Waals surface area contributed by atoms with Gasteiger partial charge in [-0.1, -0.05) is 78.9 Å². The predicted octanol–water partition coefficient (Wildman–Crippen LogP) is 10.0. The molecule has 0 aliphatic carbocycles. The summed E-state index contributed by atoms with van der Waals surface area (Å²) < 4.78 is 15.8. The van der Waals surface area contributed by atoms with E-state index in [4.69, 9.17) is 0 Å². The number of para-hydroxylation sites is 1. The molecule has 7 rings (SSSR count). The fourth-order valence-corrected chi connectivity index (χ4v) is 5.31. The first kappa shape index (κ1) is 23.0. The summed E-state index contributed by atoms with van der Waals surface area (Å²) in [5.74, 6) is -0.232. The summed E-state index contributed by atoms with van der Waals surface area (Å²) in [6, 6.07) is 49.1. The molecule has 0 spiro atoms. The maximum absolute atomic E-state index is 13.6. The normalized spacial score (nSPS) is 11.2. The highest BCUT2D eigenvalue weighted by atomic mass is 19.1. The van der Waals surface area contributed by atoms with Crippen LogP contribution in [0.1, 0.15) is 0 Å². The molecule has 2 nitrogen and oxygen atoms in total. The highest BCUT2D eigenvalue weighted by Crippen LogP contribution is 2.35. The van der Waals surface area contributed by atoms with Crippen molar-refractivity contribution in [2.45, 2.75) is 0 Å². The van der Waals surface area contributed by atoms with Crippen molar-refractivity contribution < 1.29 is 4.39 Å². The molecule has 0 atom stereocenters. The van der Waals surface area contributed by atoms with Gasteiger partial charge in [0.2, 0.25) is 0 Å². The number of anilines is 2. The van der Waals surface area contributed by atoms with Crippen LogP contribution < -0.4 is 5.32 Å². The third kappa shape index (κ3) is 4.34. The summed E-state index contributed by atoms with van der Waals surface area (Å²) in [6.45, 7) is 0. The first-order chi connectivity index (χ1) is 19.2. The van der Waals surface area contributed by atoms with E-state index in [1.54, 1.807) is 0 Å². The van der Waals surface area contributed by atoms with Crippen LogP contribution in [0.15, 0.2) is 146 Å². The Morgan fingerprint density at radius 2 is 0.974 bits per heavy atom. The van der Waals surface area contributed by atoms with Gasteiger partial charge in [-0.05, 0) is 89.0 Å². The second kappa shape index (κ2) is 9.62. The zero-order chi connectivity index (χ0) is 26.2. The number of fused-ring (bicyclic) bond motifs is 3. The largest absolute Gasteiger partial charge is 0.356 e. The molecule has 0 amide bonds. The molecule has 3 heteroatoms. The van der Waals surface area contributed by atoms with Crippen LogP contribution in [0.25, 0.3) is 49.7 Å². The van der Waals surface area contributed by atoms with Gasteiger partial charge in [-0.2, -0.15) is 0 Å². The Kier molecular flexibility index (Phi) is 5.68. The van der Waals surface area contributed by atoms with Gasteiger partial charge in [-0.25, -0.2) is 4.39 Å². The van der Waals surface area contributed by atoms with Crippen LogP contribution in [0.2, 0.25) is 0 Å². The van der Waals surface area contributed by atoms with E-state index < -0.39 is 0 Å². The van der Waals surface area contributed by atoms with E-state index >= 15 is 0 Å². The summed E-state index contributed by atoms with van der Waals surface area (Å²) in [5.41, 5.74) is 9.97. The summed E-state index contributed by atoms with van der Waals surface area (Å²) in [5, 5.41) is 5.86. The van der Waals surface area contributed by atoms with Crippen LogP contribution in [0.3, 0.4) is 0 Å². The Morgan fingerprint density at radius 3 is 1.67 bits per heavy atom. The van der Waals surface area contributed by atoms with Crippen molar-refractivity contribution in [3.63, 3.8) is 0 Å².